The molecule has 0 unspecified atom stereocenters. The summed E-state index contributed by atoms with van der Waals surface area (Å²) >= 11 is 0. The number of nitrogens with one attached hydrogen (secondary N) is 1. The molecule has 0 saturated carbocycles. The number of hydrogen-bond donors (Lipinski definition) is 1. The molecule has 1 fully saturated rings. The van der Waals surface area contributed by atoms with Crippen LogP contribution in [0, 0.1) is 0 Å². The molecule has 102 valence electrons. The van der Waals surface area contributed by atoms with E-state index >= 15 is 0 Å². The lowest BCUT2D eigenvalue weighted by atomic mass is 10.2. The van der Waals surface area contributed by atoms with E-state index in [0.29, 0.717) is 25.1 Å². The van der Waals surface area contributed by atoms with Gasteiger partial charge in [-0.2, -0.15) is 4.98 Å². The number of carbonyl (C=O) groups is 1. The third-order valence-electron chi connectivity index (χ3n) is 3.61. The zero-order valence-electron chi connectivity index (χ0n) is 11.0. The minimum atomic E-state index is 0.153. The Morgan fingerprint density at radius 3 is 3.21 bits per heavy atom. The Labute approximate surface area is 112 Å². The van der Waals surface area contributed by atoms with E-state index in [-0.39, 0.29) is 6.10 Å². The molecule has 0 amide bonds. The normalized spacial score (nSPS) is 26.4. The summed E-state index contributed by atoms with van der Waals surface area (Å²) in [6.07, 6.45) is 3.87. The summed E-state index contributed by atoms with van der Waals surface area (Å²) in [4.78, 5) is 21.3. The highest BCUT2D eigenvalue weighted by atomic mass is 16.5. The predicted octanol–water partition coefficient (Wildman–Crippen LogP) is 0.120. The molecule has 6 nitrogen and oxygen atoms in total. The second kappa shape index (κ2) is 5.22. The van der Waals surface area contributed by atoms with Gasteiger partial charge in [0, 0.05) is 43.9 Å². The van der Waals surface area contributed by atoms with E-state index in [0.717, 1.165) is 37.1 Å². The Morgan fingerprint density at radius 2 is 2.47 bits per heavy atom. The number of carbonyl (C=O) groups excluding carboxylic acids is 1. The van der Waals surface area contributed by atoms with E-state index in [2.05, 4.69) is 22.2 Å². The molecule has 2 aliphatic rings. The molecule has 2 aliphatic heterocycles. The predicted molar refractivity (Wildman–Crippen MR) is 68.7 cm³/mol. The van der Waals surface area contributed by atoms with Gasteiger partial charge in [-0.3, -0.25) is 4.90 Å². The van der Waals surface area contributed by atoms with E-state index in [4.69, 9.17) is 4.74 Å². The van der Waals surface area contributed by atoms with Gasteiger partial charge < -0.3 is 14.8 Å². The van der Waals surface area contributed by atoms with Crippen molar-refractivity contribution in [2.24, 2.45) is 0 Å². The van der Waals surface area contributed by atoms with Crippen LogP contribution < -0.4 is 10.1 Å². The van der Waals surface area contributed by atoms with Gasteiger partial charge in [0.1, 0.15) is 12.4 Å². The summed E-state index contributed by atoms with van der Waals surface area (Å²) in [6, 6.07) is 0.940. The van der Waals surface area contributed by atoms with Crippen LogP contribution in [0.15, 0.2) is 6.20 Å². The molecule has 0 spiro atoms. The molecule has 1 saturated heterocycles. The summed E-state index contributed by atoms with van der Waals surface area (Å²) in [5, 5.41) is 3.34. The molecule has 1 N–H and O–H groups in total. The molecule has 0 radical (unpaired) electrons. The average Bonchev–Trinajstić information content (AvgIpc) is 2.95. The Kier molecular flexibility index (Phi) is 3.44. The summed E-state index contributed by atoms with van der Waals surface area (Å²) in [6.45, 7) is 4.88. The highest BCUT2D eigenvalue weighted by Gasteiger charge is 2.25. The minimum Gasteiger partial charge on any atom is -0.459 e. The summed E-state index contributed by atoms with van der Waals surface area (Å²) < 4.78 is 5.79. The monoisotopic (exact) mass is 262 g/mol. The molecule has 3 rings (SSSR count). The second-order valence-electron chi connectivity index (χ2n) is 5.25. The molecule has 2 atom stereocenters. The standard InChI is InChI=1S/C13H18N4O2/c1-9-4-11(6-14-9)19-13-15-5-10-7-17(2-3-18)8-12(10)16-13/h3,5,9,11,14H,2,4,6-8H2,1H3/t9-,11+/m0/s1. The summed E-state index contributed by atoms with van der Waals surface area (Å²) in [5.41, 5.74) is 2.07. The zero-order valence-corrected chi connectivity index (χ0v) is 11.0. The minimum absolute atomic E-state index is 0.153. The zero-order chi connectivity index (χ0) is 13.2. The lowest BCUT2D eigenvalue weighted by Crippen LogP contribution is -2.21. The van der Waals surface area contributed by atoms with Gasteiger partial charge in [0.05, 0.1) is 12.2 Å². The van der Waals surface area contributed by atoms with Gasteiger partial charge in [-0.1, -0.05) is 0 Å². The van der Waals surface area contributed by atoms with Crippen LogP contribution in [0.5, 0.6) is 6.01 Å². The molecule has 0 aliphatic carbocycles. The highest BCUT2D eigenvalue weighted by molar-refractivity contribution is 5.52. The number of ether oxygens (including phenoxy) is 1. The molecular weight excluding hydrogens is 244 g/mol. The molecule has 1 aromatic heterocycles. The first kappa shape index (κ1) is 12.5. The van der Waals surface area contributed by atoms with Gasteiger partial charge in [0.15, 0.2) is 0 Å². The van der Waals surface area contributed by atoms with Gasteiger partial charge in [0.25, 0.3) is 0 Å². The molecule has 6 heteroatoms. The van der Waals surface area contributed by atoms with Gasteiger partial charge in [-0.05, 0) is 6.92 Å². The van der Waals surface area contributed by atoms with E-state index in [1.54, 1.807) is 0 Å². The maximum atomic E-state index is 10.5. The van der Waals surface area contributed by atoms with E-state index < -0.39 is 0 Å². The molecule has 3 heterocycles. The molecule has 0 bridgehead atoms. The van der Waals surface area contributed by atoms with Crippen molar-refractivity contribution in [2.45, 2.75) is 38.6 Å². The maximum absolute atomic E-state index is 10.5. The summed E-state index contributed by atoms with van der Waals surface area (Å²) in [7, 11) is 0. The van der Waals surface area contributed by atoms with E-state index in [1.165, 1.54) is 0 Å². The fourth-order valence-electron chi connectivity index (χ4n) is 2.63. The Morgan fingerprint density at radius 1 is 1.58 bits per heavy atom. The lowest BCUT2D eigenvalue weighted by molar-refractivity contribution is -0.108. The molecule has 19 heavy (non-hydrogen) atoms. The largest absolute Gasteiger partial charge is 0.459 e. The van der Waals surface area contributed by atoms with Crippen LogP contribution in [0.2, 0.25) is 0 Å². The fourth-order valence-corrected chi connectivity index (χ4v) is 2.63. The quantitative estimate of drug-likeness (QED) is 0.777. The van der Waals surface area contributed by atoms with E-state index in [9.17, 15) is 4.79 Å². The van der Waals surface area contributed by atoms with Crippen LogP contribution >= 0.6 is 0 Å². The first-order valence-corrected chi connectivity index (χ1v) is 6.65. The van der Waals surface area contributed by atoms with Crippen molar-refractivity contribution in [1.82, 2.24) is 20.2 Å². The summed E-state index contributed by atoms with van der Waals surface area (Å²) in [5.74, 6) is 0. The molecule has 1 aromatic rings. The lowest BCUT2D eigenvalue weighted by Gasteiger charge is -2.11. The number of rotatable bonds is 4. The van der Waals surface area contributed by atoms with Crippen LogP contribution in [0.4, 0.5) is 0 Å². The van der Waals surface area contributed by atoms with Crippen molar-refractivity contribution in [3.63, 3.8) is 0 Å². The Bertz CT molecular complexity index is 480. The van der Waals surface area contributed by atoms with Crippen molar-refractivity contribution in [1.29, 1.82) is 0 Å². The second-order valence-corrected chi connectivity index (χ2v) is 5.25. The average molecular weight is 262 g/mol. The van der Waals surface area contributed by atoms with Gasteiger partial charge in [-0.25, -0.2) is 4.98 Å². The molecular formula is C13H18N4O2. The van der Waals surface area contributed by atoms with Crippen LogP contribution in [-0.2, 0) is 17.9 Å². The first-order valence-electron chi connectivity index (χ1n) is 6.65. The number of aromatic nitrogens is 2. The van der Waals surface area contributed by atoms with Gasteiger partial charge in [-0.15, -0.1) is 0 Å². The smallest absolute Gasteiger partial charge is 0.316 e. The SMILES string of the molecule is C[C@H]1C[C@@H](Oc2ncc3c(n2)CN(CC=O)C3)CN1. The highest BCUT2D eigenvalue weighted by Crippen LogP contribution is 2.22. The fraction of sp³-hybridized carbons (Fsp3) is 0.615. The van der Waals surface area contributed by atoms with Crippen molar-refractivity contribution in [3.05, 3.63) is 17.5 Å². The number of fused-ring (bicyclic) bond motifs is 1. The molecule has 0 aromatic carbocycles. The topological polar surface area (TPSA) is 67.4 Å². The van der Waals surface area contributed by atoms with Gasteiger partial charge in [0.2, 0.25) is 0 Å². The van der Waals surface area contributed by atoms with Crippen LogP contribution in [0.25, 0.3) is 0 Å². The number of aldehydes is 1. The number of hydrogen-bond acceptors (Lipinski definition) is 6. The van der Waals surface area contributed by atoms with Crippen molar-refractivity contribution >= 4 is 6.29 Å². The third-order valence-corrected chi connectivity index (χ3v) is 3.61. The third kappa shape index (κ3) is 2.74. The number of nitrogens with zero attached hydrogens (tertiary/aromatic N) is 3. The Hall–Kier alpha value is -1.53. The Balaban J connectivity index is 1.66. The maximum Gasteiger partial charge on any atom is 0.316 e. The van der Waals surface area contributed by atoms with Crippen molar-refractivity contribution < 1.29 is 9.53 Å². The van der Waals surface area contributed by atoms with Gasteiger partial charge >= 0.3 is 6.01 Å². The van der Waals surface area contributed by atoms with E-state index in [1.807, 2.05) is 11.1 Å². The van der Waals surface area contributed by atoms with Crippen LogP contribution in [0.1, 0.15) is 24.6 Å². The van der Waals surface area contributed by atoms with Crippen LogP contribution in [0.3, 0.4) is 0 Å². The first-order chi connectivity index (χ1) is 9.24. The van der Waals surface area contributed by atoms with Crippen LogP contribution in [-0.4, -0.2) is 46.4 Å². The van der Waals surface area contributed by atoms with Crippen molar-refractivity contribution in [2.75, 3.05) is 13.1 Å². The van der Waals surface area contributed by atoms with Crippen molar-refractivity contribution in [3.8, 4) is 6.01 Å².